The van der Waals surface area contributed by atoms with Gasteiger partial charge >= 0.3 is 12.1 Å². The predicted octanol–water partition coefficient (Wildman–Crippen LogP) is 4.93. The molecule has 0 spiro atoms. The summed E-state index contributed by atoms with van der Waals surface area (Å²) >= 11 is 0. The quantitative estimate of drug-likeness (QED) is 0.515. The number of carboxylic acid groups (broad SMARTS) is 1. The van der Waals surface area contributed by atoms with Crippen LogP contribution in [0, 0.1) is 0 Å². The van der Waals surface area contributed by atoms with Gasteiger partial charge < -0.3 is 14.6 Å². The fourth-order valence-electron chi connectivity index (χ4n) is 4.08. The largest absolute Gasteiger partial charge is 0.496 e. The maximum absolute atomic E-state index is 12.6. The molecular weight excluding hydrogens is 420 g/mol. The lowest BCUT2D eigenvalue weighted by atomic mass is 9.99. The van der Waals surface area contributed by atoms with Crippen LogP contribution in [0.2, 0.25) is 0 Å². The van der Waals surface area contributed by atoms with Crippen LogP contribution in [0.3, 0.4) is 0 Å². The predicted molar refractivity (Wildman–Crippen MR) is 129 cm³/mol. The maximum atomic E-state index is 12.6. The Labute approximate surface area is 195 Å². The fraction of sp³-hybridized carbons (Fsp3) is 0.385. The van der Waals surface area contributed by atoms with E-state index < -0.39 is 12.1 Å². The SMILES string of the molecule is CCOC(=O)N(CCCCN1CC=C(c2ccccc2)CC1)c1cccc(OC)c1C(=O)O. The number of carboxylic acids is 1. The van der Waals surface area contributed by atoms with E-state index in [2.05, 4.69) is 35.2 Å². The summed E-state index contributed by atoms with van der Waals surface area (Å²) in [6.45, 7) is 5.13. The zero-order chi connectivity index (χ0) is 23.6. The van der Waals surface area contributed by atoms with Gasteiger partial charge in [-0.15, -0.1) is 0 Å². The van der Waals surface area contributed by atoms with E-state index in [4.69, 9.17) is 9.47 Å². The van der Waals surface area contributed by atoms with Gasteiger partial charge in [0, 0.05) is 19.6 Å². The van der Waals surface area contributed by atoms with Gasteiger partial charge in [0.25, 0.3) is 0 Å². The smallest absolute Gasteiger partial charge is 0.414 e. The van der Waals surface area contributed by atoms with Crippen LogP contribution in [0.5, 0.6) is 5.75 Å². The highest BCUT2D eigenvalue weighted by Crippen LogP contribution is 2.30. The third-order valence-corrected chi connectivity index (χ3v) is 5.76. The molecule has 1 N–H and O–H groups in total. The van der Waals surface area contributed by atoms with E-state index in [0.29, 0.717) is 6.54 Å². The average molecular weight is 453 g/mol. The van der Waals surface area contributed by atoms with E-state index in [-0.39, 0.29) is 23.6 Å². The van der Waals surface area contributed by atoms with Crippen LogP contribution >= 0.6 is 0 Å². The number of unbranched alkanes of at least 4 members (excludes halogenated alkanes) is 1. The number of methoxy groups -OCH3 is 1. The summed E-state index contributed by atoms with van der Waals surface area (Å²) in [6.07, 6.45) is 4.36. The van der Waals surface area contributed by atoms with Crippen LogP contribution < -0.4 is 9.64 Å². The summed E-state index contributed by atoms with van der Waals surface area (Å²) in [5.41, 5.74) is 2.92. The number of hydrogen-bond donors (Lipinski definition) is 1. The monoisotopic (exact) mass is 452 g/mol. The average Bonchev–Trinajstić information content (AvgIpc) is 2.84. The van der Waals surface area contributed by atoms with Crippen LogP contribution in [-0.2, 0) is 4.74 Å². The molecule has 0 radical (unpaired) electrons. The Kier molecular flexibility index (Phi) is 8.89. The van der Waals surface area contributed by atoms with E-state index in [0.717, 1.165) is 38.9 Å². The van der Waals surface area contributed by atoms with E-state index in [9.17, 15) is 14.7 Å². The van der Waals surface area contributed by atoms with Crippen LogP contribution in [-0.4, -0.2) is 62.0 Å². The first-order valence-corrected chi connectivity index (χ1v) is 11.4. The molecule has 0 unspecified atom stereocenters. The Balaban J connectivity index is 1.60. The number of hydrogen-bond acceptors (Lipinski definition) is 5. The van der Waals surface area contributed by atoms with E-state index >= 15 is 0 Å². The van der Waals surface area contributed by atoms with Gasteiger partial charge in [0.1, 0.15) is 11.3 Å². The third kappa shape index (κ3) is 6.35. The fourth-order valence-corrected chi connectivity index (χ4v) is 4.08. The molecule has 0 saturated heterocycles. The second kappa shape index (κ2) is 12.1. The van der Waals surface area contributed by atoms with Gasteiger partial charge in [0.15, 0.2) is 0 Å². The van der Waals surface area contributed by atoms with Gasteiger partial charge in [-0.05, 0) is 56.0 Å². The molecule has 1 aliphatic heterocycles. The number of rotatable bonds is 10. The van der Waals surface area contributed by atoms with Crippen LogP contribution in [0.4, 0.5) is 10.5 Å². The number of amides is 1. The van der Waals surface area contributed by atoms with Crippen molar-refractivity contribution in [2.75, 3.05) is 44.8 Å². The van der Waals surface area contributed by atoms with Gasteiger partial charge in [0.05, 0.1) is 19.4 Å². The van der Waals surface area contributed by atoms with Gasteiger partial charge in [0.2, 0.25) is 0 Å². The lowest BCUT2D eigenvalue weighted by molar-refractivity contribution is 0.0694. The molecule has 0 fully saturated rings. The zero-order valence-corrected chi connectivity index (χ0v) is 19.3. The summed E-state index contributed by atoms with van der Waals surface area (Å²) in [4.78, 5) is 28.3. The Morgan fingerprint density at radius 3 is 2.52 bits per heavy atom. The van der Waals surface area contributed by atoms with Crippen molar-refractivity contribution in [3.05, 3.63) is 65.7 Å². The highest BCUT2D eigenvalue weighted by atomic mass is 16.6. The highest BCUT2D eigenvalue weighted by Gasteiger charge is 2.25. The molecule has 33 heavy (non-hydrogen) atoms. The molecule has 176 valence electrons. The number of nitrogens with zero attached hydrogens (tertiary/aromatic N) is 2. The van der Waals surface area contributed by atoms with Gasteiger partial charge in [-0.2, -0.15) is 0 Å². The minimum Gasteiger partial charge on any atom is -0.496 e. The molecule has 2 aromatic carbocycles. The van der Waals surface area contributed by atoms with Crippen molar-refractivity contribution in [3.8, 4) is 5.75 Å². The topological polar surface area (TPSA) is 79.3 Å². The van der Waals surface area contributed by atoms with Crippen molar-refractivity contribution in [2.24, 2.45) is 0 Å². The molecule has 7 heteroatoms. The second-order valence-corrected chi connectivity index (χ2v) is 7.86. The molecule has 0 aromatic heterocycles. The van der Waals surface area contributed by atoms with E-state index in [1.807, 2.05) is 6.07 Å². The summed E-state index contributed by atoms with van der Waals surface area (Å²) in [5.74, 6) is -0.935. The Bertz CT molecular complexity index is 974. The van der Waals surface area contributed by atoms with Crippen LogP contribution in [0.25, 0.3) is 5.57 Å². The van der Waals surface area contributed by atoms with E-state index in [1.54, 1.807) is 25.1 Å². The first-order chi connectivity index (χ1) is 16.0. The highest BCUT2D eigenvalue weighted by molar-refractivity contribution is 6.02. The summed E-state index contributed by atoms with van der Waals surface area (Å²) in [7, 11) is 1.41. The van der Waals surface area contributed by atoms with Crippen molar-refractivity contribution < 1.29 is 24.2 Å². The molecular formula is C26H32N2O5. The molecule has 0 bridgehead atoms. The molecule has 2 aromatic rings. The van der Waals surface area contributed by atoms with Gasteiger partial charge in [-0.25, -0.2) is 9.59 Å². The minimum atomic E-state index is -1.15. The molecule has 3 rings (SSSR count). The Morgan fingerprint density at radius 2 is 1.88 bits per heavy atom. The number of carbonyl (C=O) groups excluding carboxylic acids is 1. The molecule has 0 saturated carbocycles. The lowest BCUT2D eigenvalue weighted by Gasteiger charge is -2.27. The standard InChI is InChI=1S/C26H32N2O5/c1-3-33-26(31)28(22-12-9-13-23(32-2)24(22)25(29)30)17-8-7-16-27-18-14-21(15-19-27)20-10-5-4-6-11-20/h4-6,9-14H,3,7-8,15-19H2,1-2H3,(H,29,30). The Morgan fingerprint density at radius 1 is 1.09 bits per heavy atom. The zero-order valence-electron chi connectivity index (χ0n) is 19.3. The number of benzene rings is 2. The van der Waals surface area contributed by atoms with Gasteiger partial charge in [-0.1, -0.05) is 42.5 Å². The molecule has 0 aliphatic carbocycles. The van der Waals surface area contributed by atoms with Crippen molar-refractivity contribution in [3.63, 3.8) is 0 Å². The summed E-state index contributed by atoms with van der Waals surface area (Å²) in [5, 5.41) is 9.71. The van der Waals surface area contributed by atoms with E-state index in [1.165, 1.54) is 23.1 Å². The molecule has 7 nitrogen and oxygen atoms in total. The van der Waals surface area contributed by atoms with Gasteiger partial charge in [-0.3, -0.25) is 9.80 Å². The summed E-state index contributed by atoms with van der Waals surface area (Å²) < 4.78 is 10.4. The molecule has 1 amide bonds. The maximum Gasteiger partial charge on any atom is 0.414 e. The third-order valence-electron chi connectivity index (χ3n) is 5.76. The first-order valence-electron chi connectivity index (χ1n) is 11.4. The second-order valence-electron chi connectivity index (χ2n) is 7.86. The first kappa shape index (κ1) is 24.3. The number of anilines is 1. The van der Waals surface area contributed by atoms with Crippen molar-refractivity contribution in [1.82, 2.24) is 4.90 Å². The number of carbonyl (C=O) groups is 2. The van der Waals surface area contributed by atoms with Crippen molar-refractivity contribution >= 4 is 23.3 Å². The number of aromatic carboxylic acids is 1. The lowest BCUT2D eigenvalue weighted by Crippen LogP contribution is -2.35. The van der Waals surface area contributed by atoms with Crippen LogP contribution in [0.15, 0.2) is 54.6 Å². The molecule has 1 heterocycles. The minimum absolute atomic E-state index is 0.0392. The van der Waals surface area contributed by atoms with Crippen molar-refractivity contribution in [2.45, 2.75) is 26.2 Å². The normalized spacial score (nSPS) is 13.8. The summed E-state index contributed by atoms with van der Waals surface area (Å²) in [6, 6.07) is 15.3. The van der Waals surface area contributed by atoms with Crippen molar-refractivity contribution in [1.29, 1.82) is 0 Å². The molecule has 0 atom stereocenters. The van der Waals surface area contributed by atoms with Crippen LogP contribution in [0.1, 0.15) is 42.1 Å². The number of ether oxygens (including phenoxy) is 2. The Hall–Kier alpha value is -3.32. The molecule has 1 aliphatic rings.